The minimum Gasteiger partial charge on any atom is -0.310 e. The molecule has 1 nitrogen and oxygen atoms in total. The SMILES string of the molecule is CNC1(c2ccc(Cl)cc2)CCCC1. The van der Waals surface area contributed by atoms with Crippen LogP contribution >= 0.6 is 11.6 Å². The summed E-state index contributed by atoms with van der Waals surface area (Å²) in [7, 11) is 2.06. The molecule has 14 heavy (non-hydrogen) atoms. The van der Waals surface area contributed by atoms with Crippen LogP contribution in [0.4, 0.5) is 0 Å². The molecule has 2 rings (SSSR count). The summed E-state index contributed by atoms with van der Waals surface area (Å²) in [4.78, 5) is 0. The Hall–Kier alpha value is -0.530. The van der Waals surface area contributed by atoms with E-state index in [1.54, 1.807) is 0 Å². The lowest BCUT2D eigenvalue weighted by atomic mass is 9.88. The van der Waals surface area contributed by atoms with E-state index in [-0.39, 0.29) is 5.54 Å². The molecule has 1 saturated carbocycles. The van der Waals surface area contributed by atoms with Crippen LogP contribution in [0.25, 0.3) is 0 Å². The molecule has 0 unspecified atom stereocenters. The van der Waals surface area contributed by atoms with Crippen molar-refractivity contribution in [3.8, 4) is 0 Å². The number of halogens is 1. The van der Waals surface area contributed by atoms with Crippen molar-refractivity contribution in [2.45, 2.75) is 31.2 Å². The number of hydrogen-bond acceptors (Lipinski definition) is 1. The zero-order valence-corrected chi connectivity index (χ0v) is 9.27. The lowest BCUT2D eigenvalue weighted by molar-refractivity contribution is 0.372. The first kappa shape index (κ1) is 10.0. The van der Waals surface area contributed by atoms with Crippen molar-refractivity contribution < 1.29 is 0 Å². The molecule has 1 aromatic rings. The van der Waals surface area contributed by atoms with E-state index in [4.69, 9.17) is 11.6 Å². The van der Waals surface area contributed by atoms with Crippen molar-refractivity contribution in [1.82, 2.24) is 5.32 Å². The van der Waals surface area contributed by atoms with Crippen LogP contribution in [0.5, 0.6) is 0 Å². The Bertz CT molecular complexity index is 299. The fourth-order valence-electron chi connectivity index (χ4n) is 2.43. The van der Waals surface area contributed by atoms with Gasteiger partial charge in [-0.15, -0.1) is 0 Å². The zero-order valence-electron chi connectivity index (χ0n) is 8.52. The van der Waals surface area contributed by atoms with E-state index in [1.165, 1.54) is 31.2 Å². The molecule has 0 atom stereocenters. The Morgan fingerprint density at radius 1 is 1.14 bits per heavy atom. The fourth-order valence-corrected chi connectivity index (χ4v) is 2.56. The molecular formula is C12H16ClN. The van der Waals surface area contributed by atoms with Crippen LogP contribution in [0.1, 0.15) is 31.2 Å². The highest BCUT2D eigenvalue weighted by molar-refractivity contribution is 6.30. The van der Waals surface area contributed by atoms with E-state index in [0.717, 1.165) is 5.02 Å². The monoisotopic (exact) mass is 209 g/mol. The molecule has 0 saturated heterocycles. The molecule has 1 N–H and O–H groups in total. The Morgan fingerprint density at radius 2 is 1.71 bits per heavy atom. The van der Waals surface area contributed by atoms with Gasteiger partial charge in [0.1, 0.15) is 0 Å². The first-order chi connectivity index (χ1) is 6.77. The molecular weight excluding hydrogens is 194 g/mol. The number of benzene rings is 1. The van der Waals surface area contributed by atoms with Crippen LogP contribution in [0, 0.1) is 0 Å². The van der Waals surface area contributed by atoms with Crippen LogP contribution < -0.4 is 5.32 Å². The largest absolute Gasteiger partial charge is 0.310 e. The van der Waals surface area contributed by atoms with Crippen LogP contribution in [0.3, 0.4) is 0 Å². The molecule has 1 fully saturated rings. The number of nitrogens with one attached hydrogen (secondary N) is 1. The molecule has 76 valence electrons. The lowest BCUT2D eigenvalue weighted by Gasteiger charge is -2.29. The molecule has 2 heteroatoms. The average Bonchev–Trinajstić information content (AvgIpc) is 2.68. The maximum absolute atomic E-state index is 5.89. The molecule has 0 aromatic heterocycles. The van der Waals surface area contributed by atoms with Crippen LogP contribution in [-0.4, -0.2) is 7.05 Å². The third-order valence-electron chi connectivity index (χ3n) is 3.33. The Balaban J connectivity index is 2.31. The summed E-state index contributed by atoms with van der Waals surface area (Å²) < 4.78 is 0. The van der Waals surface area contributed by atoms with Gasteiger partial charge in [0.2, 0.25) is 0 Å². The first-order valence-electron chi connectivity index (χ1n) is 5.22. The number of hydrogen-bond donors (Lipinski definition) is 1. The quantitative estimate of drug-likeness (QED) is 0.788. The highest BCUT2D eigenvalue weighted by atomic mass is 35.5. The van der Waals surface area contributed by atoms with Crippen molar-refractivity contribution in [2.24, 2.45) is 0 Å². The molecule has 1 aliphatic rings. The molecule has 0 amide bonds. The minimum absolute atomic E-state index is 0.213. The molecule has 1 aliphatic carbocycles. The average molecular weight is 210 g/mol. The van der Waals surface area contributed by atoms with Crippen LogP contribution in [0.15, 0.2) is 24.3 Å². The second-order valence-corrected chi connectivity index (χ2v) is 4.48. The Kier molecular flexibility index (Phi) is 2.80. The van der Waals surface area contributed by atoms with E-state index in [2.05, 4.69) is 24.5 Å². The van der Waals surface area contributed by atoms with Crippen molar-refractivity contribution in [1.29, 1.82) is 0 Å². The summed E-state index contributed by atoms with van der Waals surface area (Å²) in [6.07, 6.45) is 5.13. The van der Waals surface area contributed by atoms with Crippen molar-refractivity contribution in [2.75, 3.05) is 7.05 Å². The van der Waals surface area contributed by atoms with Gasteiger partial charge >= 0.3 is 0 Å². The second kappa shape index (κ2) is 3.92. The van der Waals surface area contributed by atoms with Gasteiger partial charge in [-0.3, -0.25) is 0 Å². The predicted octanol–water partition coefficient (Wildman–Crippen LogP) is 3.33. The topological polar surface area (TPSA) is 12.0 Å². The van der Waals surface area contributed by atoms with E-state index in [9.17, 15) is 0 Å². The van der Waals surface area contributed by atoms with Gasteiger partial charge in [-0.05, 0) is 37.6 Å². The van der Waals surface area contributed by atoms with Crippen LogP contribution in [-0.2, 0) is 5.54 Å². The van der Waals surface area contributed by atoms with E-state index in [1.807, 2.05) is 12.1 Å². The lowest BCUT2D eigenvalue weighted by Crippen LogP contribution is -2.36. The van der Waals surface area contributed by atoms with Gasteiger partial charge in [0.25, 0.3) is 0 Å². The molecule has 0 aliphatic heterocycles. The molecule has 1 aromatic carbocycles. The molecule has 0 bridgehead atoms. The summed E-state index contributed by atoms with van der Waals surface area (Å²) in [5.74, 6) is 0. The summed E-state index contributed by atoms with van der Waals surface area (Å²) in [6.45, 7) is 0. The van der Waals surface area contributed by atoms with E-state index < -0.39 is 0 Å². The van der Waals surface area contributed by atoms with Crippen molar-refractivity contribution in [3.05, 3.63) is 34.9 Å². The third kappa shape index (κ3) is 1.67. The van der Waals surface area contributed by atoms with Gasteiger partial charge in [-0.2, -0.15) is 0 Å². The van der Waals surface area contributed by atoms with Crippen molar-refractivity contribution in [3.63, 3.8) is 0 Å². The van der Waals surface area contributed by atoms with Crippen molar-refractivity contribution >= 4 is 11.6 Å². The normalized spacial score (nSPS) is 19.9. The maximum Gasteiger partial charge on any atom is 0.0432 e. The molecule has 0 heterocycles. The summed E-state index contributed by atoms with van der Waals surface area (Å²) in [5, 5.41) is 4.29. The third-order valence-corrected chi connectivity index (χ3v) is 3.58. The fraction of sp³-hybridized carbons (Fsp3) is 0.500. The standard InChI is InChI=1S/C12H16ClN/c1-14-12(8-2-3-9-12)10-4-6-11(13)7-5-10/h4-7,14H,2-3,8-9H2,1H3. The summed E-state index contributed by atoms with van der Waals surface area (Å²) >= 11 is 5.89. The van der Waals surface area contributed by atoms with Gasteiger partial charge in [0.05, 0.1) is 0 Å². The van der Waals surface area contributed by atoms with E-state index >= 15 is 0 Å². The van der Waals surface area contributed by atoms with Gasteiger partial charge in [-0.1, -0.05) is 36.6 Å². The van der Waals surface area contributed by atoms with Gasteiger partial charge in [0.15, 0.2) is 0 Å². The van der Waals surface area contributed by atoms with E-state index in [0.29, 0.717) is 0 Å². The molecule has 0 radical (unpaired) electrons. The highest BCUT2D eigenvalue weighted by Crippen LogP contribution is 2.38. The first-order valence-corrected chi connectivity index (χ1v) is 5.60. The summed E-state index contributed by atoms with van der Waals surface area (Å²) in [5.41, 5.74) is 1.59. The zero-order chi connectivity index (χ0) is 10.0. The molecule has 0 spiro atoms. The smallest absolute Gasteiger partial charge is 0.0432 e. The summed E-state index contributed by atoms with van der Waals surface area (Å²) in [6, 6.07) is 8.25. The minimum atomic E-state index is 0.213. The Labute approximate surface area is 90.5 Å². The second-order valence-electron chi connectivity index (χ2n) is 4.05. The Morgan fingerprint density at radius 3 is 2.21 bits per heavy atom. The van der Waals surface area contributed by atoms with Gasteiger partial charge < -0.3 is 5.32 Å². The van der Waals surface area contributed by atoms with Crippen LogP contribution in [0.2, 0.25) is 5.02 Å². The van der Waals surface area contributed by atoms with Gasteiger partial charge in [0, 0.05) is 10.6 Å². The maximum atomic E-state index is 5.89. The van der Waals surface area contributed by atoms with Gasteiger partial charge in [-0.25, -0.2) is 0 Å². The highest BCUT2D eigenvalue weighted by Gasteiger charge is 2.33. The predicted molar refractivity (Wildman–Crippen MR) is 60.7 cm³/mol. The number of rotatable bonds is 2.